The van der Waals surface area contributed by atoms with E-state index in [1.54, 1.807) is 23.7 Å². The number of para-hydroxylation sites is 1. The molecule has 0 saturated heterocycles. The minimum atomic E-state index is -0.121. The summed E-state index contributed by atoms with van der Waals surface area (Å²) in [4.78, 5) is 31.7. The fourth-order valence-corrected chi connectivity index (χ4v) is 3.79. The number of rotatable bonds is 7. The number of nitrogens with zero attached hydrogens (tertiary/aromatic N) is 4. The Morgan fingerprint density at radius 1 is 1.21 bits per heavy atom. The van der Waals surface area contributed by atoms with Crippen LogP contribution in [0.4, 0.5) is 0 Å². The monoisotopic (exact) mass is 406 g/mol. The summed E-state index contributed by atoms with van der Waals surface area (Å²) in [5.74, 6) is 0.0511. The summed E-state index contributed by atoms with van der Waals surface area (Å²) >= 11 is 1.25. The average molecular weight is 407 g/mol. The maximum Gasteiger partial charge on any atom is 0.262 e. The van der Waals surface area contributed by atoms with Crippen molar-refractivity contribution in [2.45, 2.75) is 25.0 Å². The summed E-state index contributed by atoms with van der Waals surface area (Å²) in [7, 11) is 1.67. The quantitative estimate of drug-likeness (QED) is 0.445. The standard InChI is InChI=1S/C22H22N4O2S/c1-16-8-10-17(11-9-16)14-26-21(28)18-6-3-4-7-19(18)24-22(26)29-15-20(27)25(2)13-5-12-23/h3-4,6-11H,5,13-15H2,1-2H3. The molecule has 0 saturated carbocycles. The number of aryl methyl sites for hydroxylation is 1. The molecule has 148 valence electrons. The van der Waals surface area contributed by atoms with Gasteiger partial charge in [0.05, 0.1) is 35.7 Å². The zero-order valence-electron chi connectivity index (χ0n) is 16.5. The summed E-state index contributed by atoms with van der Waals surface area (Å²) in [6.07, 6.45) is 0.291. The largest absolute Gasteiger partial charge is 0.344 e. The van der Waals surface area contributed by atoms with Crippen molar-refractivity contribution in [2.75, 3.05) is 19.3 Å². The van der Waals surface area contributed by atoms with Gasteiger partial charge in [0.25, 0.3) is 5.56 Å². The van der Waals surface area contributed by atoms with Crippen LogP contribution in [0.15, 0.2) is 58.5 Å². The first-order valence-corrected chi connectivity index (χ1v) is 10.3. The number of fused-ring (bicyclic) bond motifs is 1. The third-order valence-electron chi connectivity index (χ3n) is 4.60. The van der Waals surface area contributed by atoms with Crippen LogP contribution in [0.3, 0.4) is 0 Å². The first-order chi connectivity index (χ1) is 14.0. The number of amides is 1. The molecular weight excluding hydrogens is 384 g/mol. The van der Waals surface area contributed by atoms with Gasteiger partial charge in [-0.1, -0.05) is 53.7 Å². The van der Waals surface area contributed by atoms with Gasteiger partial charge in [0, 0.05) is 13.6 Å². The van der Waals surface area contributed by atoms with E-state index in [4.69, 9.17) is 5.26 Å². The summed E-state index contributed by atoms with van der Waals surface area (Å²) in [6, 6.07) is 17.3. The van der Waals surface area contributed by atoms with Crippen LogP contribution in [0, 0.1) is 18.3 Å². The first-order valence-electron chi connectivity index (χ1n) is 9.28. The van der Waals surface area contributed by atoms with Gasteiger partial charge in [-0.05, 0) is 24.6 Å². The Morgan fingerprint density at radius 3 is 2.66 bits per heavy atom. The maximum absolute atomic E-state index is 13.1. The van der Waals surface area contributed by atoms with Crippen molar-refractivity contribution in [3.63, 3.8) is 0 Å². The van der Waals surface area contributed by atoms with Crippen LogP contribution < -0.4 is 5.56 Å². The highest BCUT2D eigenvalue weighted by Crippen LogP contribution is 2.19. The highest BCUT2D eigenvalue weighted by molar-refractivity contribution is 7.99. The van der Waals surface area contributed by atoms with Crippen LogP contribution in [-0.4, -0.2) is 39.7 Å². The molecular formula is C22H22N4O2S. The Kier molecular flexibility index (Phi) is 6.68. The summed E-state index contributed by atoms with van der Waals surface area (Å²) in [5, 5.41) is 9.76. The smallest absolute Gasteiger partial charge is 0.262 e. The van der Waals surface area contributed by atoms with Gasteiger partial charge in [0.1, 0.15) is 0 Å². The average Bonchev–Trinajstić information content (AvgIpc) is 2.74. The molecule has 3 aromatic rings. The van der Waals surface area contributed by atoms with Crippen molar-refractivity contribution in [1.82, 2.24) is 14.5 Å². The van der Waals surface area contributed by atoms with Gasteiger partial charge in [0.15, 0.2) is 5.16 Å². The molecule has 6 nitrogen and oxygen atoms in total. The zero-order valence-corrected chi connectivity index (χ0v) is 17.3. The lowest BCUT2D eigenvalue weighted by Gasteiger charge is -2.16. The number of hydrogen-bond donors (Lipinski definition) is 0. The SMILES string of the molecule is Cc1ccc(Cn2c(SCC(=O)N(C)CCC#N)nc3ccccc3c2=O)cc1. The van der Waals surface area contributed by atoms with Gasteiger partial charge in [0.2, 0.25) is 5.91 Å². The van der Waals surface area contributed by atoms with E-state index in [2.05, 4.69) is 4.98 Å². The highest BCUT2D eigenvalue weighted by atomic mass is 32.2. The number of aromatic nitrogens is 2. The van der Waals surface area contributed by atoms with E-state index in [0.29, 0.717) is 35.6 Å². The van der Waals surface area contributed by atoms with Crippen molar-refractivity contribution < 1.29 is 4.79 Å². The lowest BCUT2D eigenvalue weighted by atomic mass is 10.1. The van der Waals surface area contributed by atoms with Crippen LogP contribution in [0.5, 0.6) is 0 Å². The van der Waals surface area contributed by atoms with E-state index in [-0.39, 0.29) is 17.2 Å². The highest BCUT2D eigenvalue weighted by Gasteiger charge is 2.15. The molecule has 1 heterocycles. The van der Waals surface area contributed by atoms with E-state index in [1.165, 1.54) is 16.7 Å². The summed E-state index contributed by atoms with van der Waals surface area (Å²) in [6.45, 7) is 2.79. The van der Waals surface area contributed by atoms with Crippen LogP contribution in [0.1, 0.15) is 17.5 Å². The topological polar surface area (TPSA) is 79.0 Å². The molecule has 0 atom stereocenters. The predicted octanol–water partition coefficient (Wildman–Crippen LogP) is 3.22. The number of thioether (sulfide) groups is 1. The van der Waals surface area contributed by atoms with Crippen molar-refractivity contribution in [3.8, 4) is 6.07 Å². The molecule has 2 aromatic carbocycles. The third kappa shape index (κ3) is 5.04. The number of nitriles is 1. The Hall–Kier alpha value is -3.11. The molecule has 0 N–H and O–H groups in total. The van der Waals surface area contributed by atoms with E-state index < -0.39 is 0 Å². The number of carbonyl (C=O) groups excluding carboxylic acids is 1. The summed E-state index contributed by atoms with van der Waals surface area (Å²) < 4.78 is 1.63. The fourth-order valence-electron chi connectivity index (χ4n) is 2.85. The normalized spacial score (nSPS) is 10.7. The van der Waals surface area contributed by atoms with Crippen LogP contribution in [0.2, 0.25) is 0 Å². The van der Waals surface area contributed by atoms with Crippen LogP contribution in [-0.2, 0) is 11.3 Å². The van der Waals surface area contributed by atoms with Gasteiger partial charge in [-0.15, -0.1) is 0 Å². The number of hydrogen-bond acceptors (Lipinski definition) is 5. The van der Waals surface area contributed by atoms with Crippen molar-refractivity contribution in [1.29, 1.82) is 5.26 Å². The lowest BCUT2D eigenvalue weighted by Crippen LogP contribution is -2.30. The molecule has 0 bridgehead atoms. The molecule has 0 fully saturated rings. The first kappa shape index (κ1) is 20.6. The molecule has 0 radical (unpaired) electrons. The molecule has 0 aliphatic rings. The lowest BCUT2D eigenvalue weighted by molar-refractivity contribution is -0.127. The molecule has 0 aliphatic heterocycles. The van der Waals surface area contributed by atoms with Crippen molar-refractivity contribution in [2.24, 2.45) is 0 Å². The second-order valence-corrected chi connectivity index (χ2v) is 7.74. The van der Waals surface area contributed by atoms with Gasteiger partial charge in [-0.25, -0.2) is 4.98 Å². The Balaban J connectivity index is 1.92. The molecule has 0 spiro atoms. The molecule has 3 rings (SSSR count). The molecule has 7 heteroatoms. The zero-order chi connectivity index (χ0) is 20.8. The van der Waals surface area contributed by atoms with Gasteiger partial charge in [-0.2, -0.15) is 5.26 Å². The molecule has 29 heavy (non-hydrogen) atoms. The van der Waals surface area contributed by atoms with Crippen molar-refractivity contribution >= 4 is 28.6 Å². The predicted molar refractivity (Wildman–Crippen MR) is 115 cm³/mol. The molecule has 0 aliphatic carbocycles. The molecule has 0 unspecified atom stereocenters. The van der Waals surface area contributed by atoms with E-state index in [1.807, 2.05) is 49.4 Å². The van der Waals surface area contributed by atoms with E-state index >= 15 is 0 Å². The molecule has 1 amide bonds. The van der Waals surface area contributed by atoms with Crippen LogP contribution in [0.25, 0.3) is 10.9 Å². The van der Waals surface area contributed by atoms with Gasteiger partial charge >= 0.3 is 0 Å². The third-order valence-corrected chi connectivity index (χ3v) is 5.56. The minimum absolute atomic E-state index is 0.102. The second kappa shape index (κ2) is 9.39. The van der Waals surface area contributed by atoms with E-state index in [9.17, 15) is 9.59 Å². The Bertz CT molecular complexity index is 1120. The number of benzene rings is 2. The van der Waals surface area contributed by atoms with Gasteiger partial charge in [-0.3, -0.25) is 14.2 Å². The van der Waals surface area contributed by atoms with Gasteiger partial charge < -0.3 is 4.90 Å². The number of carbonyl (C=O) groups is 1. The minimum Gasteiger partial charge on any atom is -0.344 e. The van der Waals surface area contributed by atoms with E-state index in [0.717, 1.165) is 11.1 Å². The maximum atomic E-state index is 13.1. The Labute approximate surface area is 173 Å². The Morgan fingerprint density at radius 2 is 1.93 bits per heavy atom. The van der Waals surface area contributed by atoms with Crippen LogP contribution >= 0.6 is 11.8 Å². The summed E-state index contributed by atoms with van der Waals surface area (Å²) in [5.41, 5.74) is 2.64. The fraction of sp³-hybridized carbons (Fsp3) is 0.273. The van der Waals surface area contributed by atoms with Crippen molar-refractivity contribution in [3.05, 3.63) is 70.0 Å². The second-order valence-electron chi connectivity index (χ2n) is 6.80. The molecule has 1 aromatic heterocycles.